The van der Waals surface area contributed by atoms with Gasteiger partial charge in [0.2, 0.25) is 0 Å². The van der Waals surface area contributed by atoms with Gasteiger partial charge in [-0.05, 0) is 55.3 Å². The summed E-state index contributed by atoms with van der Waals surface area (Å²) in [6, 6.07) is 18.6. The Hall–Kier alpha value is -2.13. The van der Waals surface area contributed by atoms with E-state index < -0.39 is 0 Å². The largest absolute Gasteiger partial charge is 0.299 e. The van der Waals surface area contributed by atoms with Gasteiger partial charge in [-0.25, -0.2) is 0 Å². The number of rotatable bonds is 9. The average Bonchev–Trinajstić information content (AvgIpc) is 2.57. The molecule has 2 rings (SSSR count). The van der Waals surface area contributed by atoms with Crippen LogP contribution in [0.4, 0.5) is 5.69 Å². The Kier molecular flexibility index (Phi) is 7.34. The van der Waals surface area contributed by atoms with Gasteiger partial charge in [0.15, 0.2) is 0 Å². The van der Waals surface area contributed by atoms with Gasteiger partial charge in [0, 0.05) is 6.54 Å². The Morgan fingerprint density at radius 1 is 0.957 bits per heavy atom. The van der Waals surface area contributed by atoms with Crippen LogP contribution in [0.25, 0.3) is 0 Å². The van der Waals surface area contributed by atoms with Gasteiger partial charge in [0.05, 0.1) is 11.9 Å². The van der Waals surface area contributed by atoms with E-state index in [1.807, 2.05) is 36.5 Å². The molecular weight excluding hydrogens is 282 g/mol. The zero-order valence-electron chi connectivity index (χ0n) is 14.2. The zero-order chi connectivity index (χ0) is 16.3. The summed E-state index contributed by atoms with van der Waals surface area (Å²) in [5, 5.41) is 4.32. The predicted octanol–water partition coefficient (Wildman–Crippen LogP) is 4.75. The highest BCUT2D eigenvalue weighted by atomic mass is 15.3. The van der Waals surface area contributed by atoms with Crippen molar-refractivity contribution >= 4 is 11.9 Å². The second-order valence-electron chi connectivity index (χ2n) is 5.76. The van der Waals surface area contributed by atoms with Crippen LogP contribution in [-0.2, 0) is 6.54 Å². The Labute approximate surface area is 140 Å². The molecule has 23 heavy (non-hydrogen) atoms. The topological polar surface area (TPSA) is 27.6 Å². The van der Waals surface area contributed by atoms with Crippen molar-refractivity contribution in [3.63, 3.8) is 0 Å². The van der Waals surface area contributed by atoms with Gasteiger partial charge in [-0.1, -0.05) is 50.2 Å². The molecule has 0 fully saturated rings. The molecule has 3 heteroatoms. The Balaban J connectivity index is 1.96. The molecule has 0 unspecified atom stereocenters. The lowest BCUT2D eigenvalue weighted by atomic mass is 10.1. The lowest BCUT2D eigenvalue weighted by Gasteiger charge is -2.21. The minimum atomic E-state index is 0.997. The summed E-state index contributed by atoms with van der Waals surface area (Å²) < 4.78 is 0. The van der Waals surface area contributed by atoms with Crippen molar-refractivity contribution < 1.29 is 0 Å². The molecule has 0 atom stereocenters. The highest BCUT2D eigenvalue weighted by Crippen LogP contribution is 2.09. The third kappa shape index (κ3) is 6.25. The fraction of sp³-hybridized carbons (Fsp3) is 0.350. The number of benzene rings is 2. The van der Waals surface area contributed by atoms with Crippen LogP contribution in [0.1, 0.15) is 37.8 Å². The van der Waals surface area contributed by atoms with Gasteiger partial charge >= 0.3 is 0 Å². The van der Waals surface area contributed by atoms with Crippen molar-refractivity contribution in [2.45, 2.75) is 33.2 Å². The van der Waals surface area contributed by atoms with Crippen LogP contribution in [0.2, 0.25) is 0 Å². The molecule has 2 aromatic rings. The lowest BCUT2D eigenvalue weighted by molar-refractivity contribution is 0.266. The molecule has 0 bridgehead atoms. The molecule has 0 saturated heterocycles. The first-order valence-corrected chi connectivity index (χ1v) is 8.47. The molecule has 0 heterocycles. The summed E-state index contributed by atoms with van der Waals surface area (Å²) in [6.07, 6.45) is 4.27. The molecule has 122 valence electrons. The molecule has 0 aromatic heterocycles. The average molecular weight is 309 g/mol. The molecule has 2 aromatic carbocycles. The standard InChI is InChI=1S/C20H27N3/c1-3-13-23(14-4-2)17-19-10-8-9-18(15-19)16-21-22-20-11-6-5-7-12-20/h5-12,15-16,22H,3-4,13-14,17H2,1-2H3. The molecule has 0 aliphatic rings. The maximum Gasteiger partial charge on any atom is 0.0561 e. The first kappa shape index (κ1) is 17.2. The normalized spacial score (nSPS) is 11.3. The number of hydrogen-bond acceptors (Lipinski definition) is 3. The number of hydrazone groups is 1. The minimum Gasteiger partial charge on any atom is -0.299 e. The Bertz CT molecular complexity index is 587. The number of anilines is 1. The molecule has 1 N–H and O–H groups in total. The van der Waals surface area contributed by atoms with Crippen molar-refractivity contribution in [3.05, 3.63) is 65.7 Å². The lowest BCUT2D eigenvalue weighted by Crippen LogP contribution is -2.24. The van der Waals surface area contributed by atoms with E-state index in [2.05, 4.69) is 53.5 Å². The first-order valence-electron chi connectivity index (χ1n) is 8.47. The third-order valence-corrected chi connectivity index (χ3v) is 3.62. The van der Waals surface area contributed by atoms with E-state index in [-0.39, 0.29) is 0 Å². The van der Waals surface area contributed by atoms with E-state index >= 15 is 0 Å². The van der Waals surface area contributed by atoms with E-state index in [1.54, 1.807) is 0 Å². The highest BCUT2D eigenvalue weighted by molar-refractivity contribution is 5.80. The molecule has 0 spiro atoms. The fourth-order valence-electron chi connectivity index (χ4n) is 2.63. The molecule has 3 nitrogen and oxygen atoms in total. The third-order valence-electron chi connectivity index (χ3n) is 3.62. The number of para-hydroxylation sites is 1. The zero-order valence-corrected chi connectivity index (χ0v) is 14.2. The Morgan fingerprint density at radius 2 is 1.70 bits per heavy atom. The van der Waals surface area contributed by atoms with E-state index in [9.17, 15) is 0 Å². The quantitative estimate of drug-likeness (QED) is 0.534. The molecule has 0 radical (unpaired) electrons. The van der Waals surface area contributed by atoms with E-state index in [0.29, 0.717) is 0 Å². The molecule has 0 aliphatic heterocycles. The van der Waals surface area contributed by atoms with Crippen molar-refractivity contribution in [1.29, 1.82) is 0 Å². The summed E-state index contributed by atoms with van der Waals surface area (Å²) in [5.74, 6) is 0. The van der Waals surface area contributed by atoms with E-state index in [0.717, 1.165) is 30.9 Å². The second kappa shape index (κ2) is 9.80. The summed E-state index contributed by atoms with van der Waals surface area (Å²) in [5.41, 5.74) is 6.52. The fourth-order valence-corrected chi connectivity index (χ4v) is 2.63. The van der Waals surface area contributed by atoms with Crippen molar-refractivity contribution in [1.82, 2.24) is 4.90 Å². The Morgan fingerprint density at radius 3 is 2.39 bits per heavy atom. The van der Waals surface area contributed by atoms with Gasteiger partial charge in [-0.15, -0.1) is 0 Å². The van der Waals surface area contributed by atoms with Gasteiger partial charge in [-0.2, -0.15) is 5.10 Å². The molecule has 0 amide bonds. The summed E-state index contributed by atoms with van der Waals surface area (Å²) in [7, 11) is 0. The minimum absolute atomic E-state index is 0.997. The highest BCUT2D eigenvalue weighted by Gasteiger charge is 2.04. The number of hydrogen-bond donors (Lipinski definition) is 1. The van der Waals surface area contributed by atoms with Crippen LogP contribution >= 0.6 is 0 Å². The second-order valence-corrected chi connectivity index (χ2v) is 5.76. The summed E-state index contributed by atoms with van der Waals surface area (Å²) in [6.45, 7) is 7.79. The SMILES string of the molecule is CCCN(CCC)Cc1cccc(C=NNc2ccccc2)c1. The van der Waals surface area contributed by atoms with Crippen molar-refractivity contribution in [2.24, 2.45) is 5.10 Å². The maximum atomic E-state index is 4.32. The predicted molar refractivity (Wildman–Crippen MR) is 100.0 cm³/mol. The molecular formula is C20H27N3. The van der Waals surface area contributed by atoms with Crippen molar-refractivity contribution in [3.8, 4) is 0 Å². The number of nitrogens with zero attached hydrogens (tertiary/aromatic N) is 2. The van der Waals surface area contributed by atoms with Crippen LogP contribution in [0, 0.1) is 0 Å². The summed E-state index contributed by atoms with van der Waals surface area (Å²) in [4.78, 5) is 2.51. The van der Waals surface area contributed by atoms with Gasteiger partial charge < -0.3 is 0 Å². The van der Waals surface area contributed by atoms with Gasteiger partial charge in [0.1, 0.15) is 0 Å². The molecule has 0 aliphatic carbocycles. The van der Waals surface area contributed by atoms with E-state index in [4.69, 9.17) is 0 Å². The van der Waals surface area contributed by atoms with Crippen LogP contribution in [-0.4, -0.2) is 24.2 Å². The first-order chi connectivity index (χ1) is 11.3. The monoisotopic (exact) mass is 309 g/mol. The van der Waals surface area contributed by atoms with Crippen LogP contribution < -0.4 is 5.43 Å². The van der Waals surface area contributed by atoms with Gasteiger partial charge in [-0.3, -0.25) is 10.3 Å². The number of nitrogens with one attached hydrogen (secondary N) is 1. The maximum absolute atomic E-state index is 4.32. The van der Waals surface area contributed by atoms with E-state index in [1.165, 1.54) is 18.4 Å². The van der Waals surface area contributed by atoms with Crippen LogP contribution in [0.3, 0.4) is 0 Å². The van der Waals surface area contributed by atoms with Crippen LogP contribution in [0.5, 0.6) is 0 Å². The molecule has 0 saturated carbocycles. The van der Waals surface area contributed by atoms with Gasteiger partial charge in [0.25, 0.3) is 0 Å². The van der Waals surface area contributed by atoms with Crippen molar-refractivity contribution in [2.75, 3.05) is 18.5 Å². The smallest absolute Gasteiger partial charge is 0.0561 e. The summed E-state index contributed by atoms with van der Waals surface area (Å²) >= 11 is 0. The van der Waals surface area contributed by atoms with Crippen LogP contribution in [0.15, 0.2) is 59.7 Å².